The molecular weight excluding hydrogens is 540 g/mol. The molecule has 248 valence electrons. The Labute approximate surface area is 280 Å². The van der Waals surface area contributed by atoms with Crippen LogP contribution in [0.2, 0.25) is 0 Å². The molecule has 0 N–H and O–H groups in total. The second-order valence-electron chi connectivity index (χ2n) is 13.3. The van der Waals surface area contributed by atoms with Crippen LogP contribution in [0, 0.1) is 5.92 Å². The molecule has 0 spiro atoms. The van der Waals surface area contributed by atoms with Crippen molar-refractivity contribution < 1.29 is 0 Å². The topological polar surface area (TPSA) is 0 Å². The van der Waals surface area contributed by atoms with Gasteiger partial charge in [-0.3, -0.25) is 0 Å². The van der Waals surface area contributed by atoms with Gasteiger partial charge in [-0.05, 0) is 73.3 Å². The summed E-state index contributed by atoms with van der Waals surface area (Å²) < 4.78 is 0. The molecule has 0 unspecified atom stereocenters. The number of rotatable bonds is 26. The first-order valence-electron chi connectivity index (χ1n) is 18.3. The summed E-state index contributed by atoms with van der Waals surface area (Å²) in [5, 5.41) is 0. The lowest BCUT2D eigenvalue weighted by molar-refractivity contribution is 0.535. The molecule has 0 amide bonds. The van der Waals surface area contributed by atoms with E-state index < -0.39 is 0 Å². The standard InChI is InChI=1S/C45H68/c1-9-11-12-13-14-15-16-17-18-19-20-21-22-24-27-39(5)32-35-43(10-2)42(8)45(36-33-40(6)31-30-38(3)4)37-34-41(7)44-28-25-23-26-29-44/h10,23,25-26,28-29,32-38H,5-7,9,11-22,24,27,30-31H2,1-4,8H3. The predicted molar refractivity (Wildman–Crippen MR) is 207 cm³/mol. The van der Waals surface area contributed by atoms with E-state index >= 15 is 0 Å². The summed E-state index contributed by atoms with van der Waals surface area (Å²) >= 11 is 0. The lowest BCUT2D eigenvalue weighted by atomic mass is 9.96. The molecule has 0 aliphatic heterocycles. The first-order chi connectivity index (χ1) is 21.8. The molecule has 0 aliphatic carbocycles. The van der Waals surface area contributed by atoms with Gasteiger partial charge < -0.3 is 0 Å². The zero-order valence-electron chi connectivity index (χ0n) is 30.1. The van der Waals surface area contributed by atoms with Crippen molar-refractivity contribution in [3.63, 3.8) is 0 Å². The molecule has 0 heteroatoms. The number of benzene rings is 1. The Kier molecular flexibility index (Phi) is 23.5. The first-order valence-corrected chi connectivity index (χ1v) is 18.3. The van der Waals surface area contributed by atoms with Crippen LogP contribution >= 0.6 is 0 Å². The third-order valence-electron chi connectivity index (χ3n) is 8.68. The molecule has 0 radical (unpaired) electrons. The summed E-state index contributed by atoms with van der Waals surface area (Å²) in [7, 11) is 0. The van der Waals surface area contributed by atoms with E-state index in [1.165, 1.54) is 118 Å². The van der Waals surface area contributed by atoms with Crippen LogP contribution in [0.1, 0.15) is 149 Å². The molecule has 0 heterocycles. The smallest absolute Gasteiger partial charge is 0.0190 e. The Morgan fingerprint density at radius 3 is 1.64 bits per heavy atom. The van der Waals surface area contributed by atoms with Crippen molar-refractivity contribution in [1.29, 1.82) is 0 Å². The van der Waals surface area contributed by atoms with E-state index in [4.69, 9.17) is 0 Å². The van der Waals surface area contributed by atoms with E-state index in [0.29, 0.717) is 5.92 Å². The van der Waals surface area contributed by atoms with Crippen LogP contribution in [0.4, 0.5) is 0 Å². The zero-order valence-corrected chi connectivity index (χ0v) is 30.1. The highest BCUT2D eigenvalue weighted by Crippen LogP contribution is 2.23. The highest BCUT2D eigenvalue weighted by Gasteiger charge is 2.03. The van der Waals surface area contributed by atoms with Gasteiger partial charge in [0.2, 0.25) is 0 Å². The maximum Gasteiger partial charge on any atom is -0.0190 e. The van der Waals surface area contributed by atoms with Gasteiger partial charge in [0.15, 0.2) is 0 Å². The minimum Gasteiger partial charge on any atom is -0.0958 e. The molecule has 1 aromatic rings. The Morgan fingerprint density at radius 1 is 0.622 bits per heavy atom. The van der Waals surface area contributed by atoms with E-state index in [1.807, 2.05) is 6.07 Å². The van der Waals surface area contributed by atoms with Gasteiger partial charge in [-0.1, -0.05) is 208 Å². The van der Waals surface area contributed by atoms with Crippen molar-refractivity contribution in [3.8, 4) is 0 Å². The van der Waals surface area contributed by atoms with E-state index in [0.717, 1.165) is 30.4 Å². The lowest BCUT2D eigenvalue weighted by Gasteiger charge is -2.09. The van der Waals surface area contributed by atoms with Gasteiger partial charge >= 0.3 is 0 Å². The first kappa shape index (κ1) is 40.2. The van der Waals surface area contributed by atoms with Crippen LogP contribution in [0.25, 0.3) is 5.57 Å². The van der Waals surface area contributed by atoms with E-state index in [-0.39, 0.29) is 0 Å². The van der Waals surface area contributed by atoms with E-state index in [1.54, 1.807) is 0 Å². The van der Waals surface area contributed by atoms with Crippen LogP contribution in [0.15, 0.2) is 120 Å². The van der Waals surface area contributed by atoms with E-state index in [2.05, 4.69) is 121 Å². The second kappa shape index (κ2) is 26.4. The fourth-order valence-electron chi connectivity index (χ4n) is 5.45. The maximum atomic E-state index is 4.37. The Balaban J connectivity index is 2.63. The number of allylic oxidation sites excluding steroid dienone is 13. The SMILES string of the molecule is C=C(C=CC(=CC)C(C)=C(C=CC(=C)CCC(C)C)C=CC(=C)c1ccccc1)CCCCCCCCCCCCCCCC. The third-order valence-corrected chi connectivity index (χ3v) is 8.68. The largest absolute Gasteiger partial charge is 0.0958 e. The number of hydrogen-bond acceptors (Lipinski definition) is 0. The fraction of sp³-hybridized carbons (Fsp3) is 0.511. The Hall–Kier alpha value is -2.86. The molecule has 0 saturated carbocycles. The third kappa shape index (κ3) is 20.7. The van der Waals surface area contributed by atoms with Crippen molar-refractivity contribution >= 4 is 5.57 Å². The van der Waals surface area contributed by atoms with Gasteiger partial charge in [0.25, 0.3) is 0 Å². The van der Waals surface area contributed by atoms with Crippen LogP contribution in [-0.2, 0) is 0 Å². The number of unbranched alkanes of at least 4 members (excludes halogenated alkanes) is 13. The van der Waals surface area contributed by atoms with Crippen LogP contribution < -0.4 is 0 Å². The summed E-state index contributed by atoms with van der Waals surface area (Å²) in [6, 6.07) is 10.4. The molecule has 0 aromatic heterocycles. The van der Waals surface area contributed by atoms with Crippen molar-refractivity contribution in [2.24, 2.45) is 5.92 Å². The molecule has 1 rings (SSSR count). The highest BCUT2D eigenvalue weighted by atomic mass is 14.1. The molecular formula is C45H68. The summed E-state index contributed by atoms with van der Waals surface area (Å²) in [5.41, 5.74) is 8.17. The quantitative estimate of drug-likeness (QED) is 0.0725. The molecule has 45 heavy (non-hydrogen) atoms. The van der Waals surface area contributed by atoms with Crippen molar-refractivity contribution in [2.75, 3.05) is 0 Å². The lowest BCUT2D eigenvalue weighted by Crippen LogP contribution is -1.90. The van der Waals surface area contributed by atoms with Gasteiger partial charge in [-0.25, -0.2) is 0 Å². The molecule has 0 fully saturated rings. The minimum absolute atomic E-state index is 0.679. The van der Waals surface area contributed by atoms with Crippen molar-refractivity contribution in [1.82, 2.24) is 0 Å². The monoisotopic (exact) mass is 609 g/mol. The number of hydrogen-bond donors (Lipinski definition) is 0. The summed E-state index contributed by atoms with van der Waals surface area (Å²) in [5.74, 6) is 0.679. The minimum atomic E-state index is 0.679. The van der Waals surface area contributed by atoms with Gasteiger partial charge in [0, 0.05) is 0 Å². The summed E-state index contributed by atoms with van der Waals surface area (Å²) in [4.78, 5) is 0. The van der Waals surface area contributed by atoms with Gasteiger partial charge in [0.1, 0.15) is 0 Å². The normalized spacial score (nSPS) is 13.0. The highest BCUT2D eigenvalue weighted by molar-refractivity contribution is 5.73. The molecule has 0 bridgehead atoms. The average molecular weight is 609 g/mol. The van der Waals surface area contributed by atoms with Gasteiger partial charge in [-0.2, -0.15) is 0 Å². The molecule has 0 atom stereocenters. The summed E-state index contributed by atoms with van der Waals surface area (Å²) in [6.07, 6.45) is 38.1. The van der Waals surface area contributed by atoms with Crippen molar-refractivity contribution in [2.45, 2.75) is 144 Å². The van der Waals surface area contributed by atoms with Crippen molar-refractivity contribution in [3.05, 3.63) is 126 Å². The Bertz CT molecular complexity index is 1110. The van der Waals surface area contributed by atoms with Crippen LogP contribution in [-0.4, -0.2) is 0 Å². The molecule has 0 aliphatic rings. The molecule has 0 nitrogen and oxygen atoms in total. The fourth-order valence-corrected chi connectivity index (χ4v) is 5.45. The molecule has 0 saturated heterocycles. The molecule has 1 aromatic carbocycles. The van der Waals surface area contributed by atoms with Crippen LogP contribution in [0.5, 0.6) is 0 Å². The maximum absolute atomic E-state index is 4.37. The van der Waals surface area contributed by atoms with E-state index in [9.17, 15) is 0 Å². The van der Waals surface area contributed by atoms with Gasteiger partial charge in [0.05, 0.1) is 0 Å². The average Bonchev–Trinajstić information content (AvgIpc) is 3.04. The Morgan fingerprint density at radius 2 is 1.11 bits per heavy atom. The van der Waals surface area contributed by atoms with Crippen LogP contribution in [0.3, 0.4) is 0 Å². The summed E-state index contributed by atoms with van der Waals surface area (Å²) in [6.45, 7) is 24.1. The second-order valence-corrected chi connectivity index (χ2v) is 13.3. The zero-order chi connectivity index (χ0) is 33.1. The van der Waals surface area contributed by atoms with Gasteiger partial charge in [-0.15, -0.1) is 0 Å². The predicted octanol–water partition coefficient (Wildman–Crippen LogP) is 15.1.